The second-order valence-electron chi connectivity index (χ2n) is 8.07. The van der Waals surface area contributed by atoms with Gasteiger partial charge < -0.3 is 18.6 Å². The highest BCUT2D eigenvalue weighted by molar-refractivity contribution is 5.93. The van der Waals surface area contributed by atoms with Crippen molar-refractivity contribution < 1.29 is 18.6 Å². The van der Waals surface area contributed by atoms with Crippen LogP contribution in [0.1, 0.15) is 31.8 Å². The molecule has 5 heteroatoms. The number of furan rings is 1. The molecule has 0 atom stereocenters. The fourth-order valence-corrected chi connectivity index (χ4v) is 4.05. The van der Waals surface area contributed by atoms with Crippen molar-refractivity contribution in [3.8, 4) is 28.4 Å². The summed E-state index contributed by atoms with van der Waals surface area (Å²) in [5.41, 5.74) is 2.90. The Morgan fingerprint density at radius 1 is 0.765 bits per heavy atom. The normalized spacial score (nSPS) is 11.6. The standard InChI is InChI=1S/C29H31NO4/c1-6-16-33-25-12-8-21(9-13-25)22-17-26(30-23-10-14-24(31-5)15-11-23)28-19(3)34-20(4)29(28)27(18-22)32-7-2/h8-15,17-18H,6-7,16H2,1-5H3. The molecule has 4 rings (SSSR count). The SMILES string of the molecule is CCCOc1ccc(-c2cc(OCC)c3c(C)oc(C)c3c(=Nc3ccc(OC)cc3)c2)cc1. The van der Waals surface area contributed by atoms with E-state index in [9.17, 15) is 0 Å². The van der Waals surface area contributed by atoms with E-state index in [0.29, 0.717) is 13.2 Å². The first-order chi connectivity index (χ1) is 16.5. The van der Waals surface area contributed by atoms with E-state index in [4.69, 9.17) is 23.6 Å². The summed E-state index contributed by atoms with van der Waals surface area (Å²) in [6, 6.07) is 20.0. The van der Waals surface area contributed by atoms with Crippen LogP contribution in [0.25, 0.3) is 21.9 Å². The van der Waals surface area contributed by atoms with Crippen LogP contribution in [0.15, 0.2) is 70.1 Å². The summed E-state index contributed by atoms with van der Waals surface area (Å²) in [4.78, 5) is 5.01. The molecule has 0 radical (unpaired) electrons. The molecular formula is C29H31NO4. The molecule has 0 amide bonds. The fourth-order valence-electron chi connectivity index (χ4n) is 4.05. The van der Waals surface area contributed by atoms with Gasteiger partial charge in [0, 0.05) is 0 Å². The predicted octanol–water partition coefficient (Wildman–Crippen LogP) is 7.15. The van der Waals surface area contributed by atoms with Gasteiger partial charge in [0.05, 0.1) is 42.1 Å². The molecule has 1 aromatic heterocycles. The third kappa shape index (κ3) is 4.93. The molecule has 34 heavy (non-hydrogen) atoms. The molecule has 176 valence electrons. The van der Waals surface area contributed by atoms with Crippen LogP contribution in [-0.2, 0) is 0 Å². The second kappa shape index (κ2) is 10.5. The van der Waals surface area contributed by atoms with Gasteiger partial charge in [-0.1, -0.05) is 19.1 Å². The van der Waals surface area contributed by atoms with E-state index in [2.05, 4.69) is 31.2 Å². The van der Waals surface area contributed by atoms with Crippen LogP contribution >= 0.6 is 0 Å². The number of hydrogen-bond acceptors (Lipinski definition) is 5. The Morgan fingerprint density at radius 3 is 2.09 bits per heavy atom. The summed E-state index contributed by atoms with van der Waals surface area (Å²) in [5, 5.41) is 2.72. The maximum absolute atomic E-state index is 6.10. The van der Waals surface area contributed by atoms with Crippen LogP contribution in [0.3, 0.4) is 0 Å². The molecule has 1 heterocycles. The lowest BCUT2D eigenvalue weighted by molar-refractivity contribution is 0.317. The number of benzene rings is 2. The lowest BCUT2D eigenvalue weighted by atomic mass is 10.1. The van der Waals surface area contributed by atoms with Crippen molar-refractivity contribution in [3.63, 3.8) is 0 Å². The van der Waals surface area contributed by atoms with Gasteiger partial charge in [-0.3, -0.25) is 0 Å². The van der Waals surface area contributed by atoms with Gasteiger partial charge in [-0.05, 0) is 86.8 Å². The van der Waals surface area contributed by atoms with Crippen molar-refractivity contribution >= 4 is 16.5 Å². The highest BCUT2D eigenvalue weighted by Gasteiger charge is 2.15. The summed E-state index contributed by atoms with van der Waals surface area (Å²) in [6.07, 6.45) is 0.976. The zero-order chi connectivity index (χ0) is 24.1. The average Bonchev–Trinajstić information content (AvgIpc) is 3.05. The first kappa shape index (κ1) is 23.4. The molecule has 0 aliphatic rings. The van der Waals surface area contributed by atoms with Crippen LogP contribution in [-0.4, -0.2) is 20.3 Å². The van der Waals surface area contributed by atoms with Crippen LogP contribution < -0.4 is 19.6 Å². The highest BCUT2D eigenvalue weighted by Crippen LogP contribution is 2.34. The Bertz CT molecular complexity index is 1340. The van der Waals surface area contributed by atoms with E-state index in [1.54, 1.807) is 7.11 Å². The fraction of sp³-hybridized carbons (Fsp3) is 0.276. The van der Waals surface area contributed by atoms with Crippen LogP contribution in [0.2, 0.25) is 0 Å². The maximum atomic E-state index is 6.10. The number of rotatable bonds is 8. The van der Waals surface area contributed by atoms with Crippen molar-refractivity contribution in [2.45, 2.75) is 34.1 Å². The summed E-state index contributed by atoms with van der Waals surface area (Å²) >= 11 is 0. The topological polar surface area (TPSA) is 53.2 Å². The minimum absolute atomic E-state index is 0.553. The number of hydrogen-bond donors (Lipinski definition) is 0. The van der Waals surface area contributed by atoms with Crippen LogP contribution in [0.4, 0.5) is 5.69 Å². The molecule has 0 saturated heterocycles. The van der Waals surface area contributed by atoms with Gasteiger partial charge >= 0.3 is 0 Å². The summed E-state index contributed by atoms with van der Waals surface area (Å²) < 4.78 is 23.2. The van der Waals surface area contributed by atoms with Gasteiger partial charge in [-0.15, -0.1) is 0 Å². The van der Waals surface area contributed by atoms with E-state index in [1.165, 1.54) is 0 Å². The molecular weight excluding hydrogens is 426 g/mol. The monoisotopic (exact) mass is 457 g/mol. The lowest BCUT2D eigenvalue weighted by Gasteiger charge is -2.07. The first-order valence-corrected chi connectivity index (χ1v) is 11.7. The van der Waals surface area contributed by atoms with Gasteiger partial charge in [0.15, 0.2) is 0 Å². The van der Waals surface area contributed by atoms with Crippen molar-refractivity contribution in [2.75, 3.05) is 20.3 Å². The zero-order valence-electron chi connectivity index (χ0n) is 20.5. The quantitative estimate of drug-likeness (QED) is 0.282. The van der Waals surface area contributed by atoms with E-state index >= 15 is 0 Å². The Hall–Kier alpha value is -3.73. The summed E-state index contributed by atoms with van der Waals surface area (Å²) in [7, 11) is 1.66. The van der Waals surface area contributed by atoms with Crippen LogP contribution in [0.5, 0.6) is 17.2 Å². The highest BCUT2D eigenvalue weighted by atomic mass is 16.5. The molecule has 0 bridgehead atoms. The van der Waals surface area contributed by atoms with Gasteiger partial charge in [0.25, 0.3) is 0 Å². The number of ether oxygens (including phenoxy) is 3. The van der Waals surface area contributed by atoms with E-state index in [0.717, 1.165) is 68.1 Å². The van der Waals surface area contributed by atoms with Gasteiger partial charge in [-0.25, -0.2) is 4.99 Å². The Morgan fingerprint density at radius 2 is 1.44 bits per heavy atom. The minimum atomic E-state index is 0.553. The largest absolute Gasteiger partial charge is 0.497 e. The Kier molecular flexibility index (Phi) is 7.21. The summed E-state index contributed by atoms with van der Waals surface area (Å²) in [6.45, 7) is 9.28. The Labute approximate surface area is 200 Å². The van der Waals surface area contributed by atoms with E-state index < -0.39 is 0 Å². The number of methoxy groups -OCH3 is 1. The molecule has 3 aromatic carbocycles. The molecule has 0 unspecified atom stereocenters. The molecule has 0 spiro atoms. The molecule has 0 aliphatic heterocycles. The summed E-state index contributed by atoms with van der Waals surface area (Å²) in [5.74, 6) is 4.06. The van der Waals surface area contributed by atoms with Crippen LogP contribution in [0, 0.1) is 13.8 Å². The predicted molar refractivity (Wildman–Crippen MR) is 136 cm³/mol. The average molecular weight is 458 g/mol. The zero-order valence-corrected chi connectivity index (χ0v) is 20.5. The molecule has 0 fully saturated rings. The van der Waals surface area contributed by atoms with Crippen molar-refractivity contribution in [2.24, 2.45) is 4.99 Å². The molecule has 0 saturated carbocycles. The molecule has 0 aliphatic carbocycles. The van der Waals surface area contributed by atoms with Gasteiger partial charge in [0.1, 0.15) is 28.8 Å². The smallest absolute Gasteiger partial charge is 0.131 e. The number of aryl methyl sites for hydroxylation is 2. The van der Waals surface area contributed by atoms with E-state index in [1.807, 2.05) is 57.2 Å². The van der Waals surface area contributed by atoms with Gasteiger partial charge in [-0.2, -0.15) is 0 Å². The maximum Gasteiger partial charge on any atom is 0.131 e. The van der Waals surface area contributed by atoms with Crippen molar-refractivity contribution in [1.29, 1.82) is 0 Å². The lowest BCUT2D eigenvalue weighted by Crippen LogP contribution is -2.00. The second-order valence-corrected chi connectivity index (χ2v) is 8.07. The van der Waals surface area contributed by atoms with Gasteiger partial charge in [0.2, 0.25) is 0 Å². The minimum Gasteiger partial charge on any atom is -0.497 e. The number of fused-ring (bicyclic) bond motifs is 1. The third-order valence-electron chi connectivity index (χ3n) is 5.62. The molecule has 4 aromatic rings. The Balaban J connectivity index is 1.97. The third-order valence-corrected chi connectivity index (χ3v) is 5.62. The number of nitrogens with zero attached hydrogens (tertiary/aromatic N) is 1. The molecule has 5 nitrogen and oxygen atoms in total. The van der Waals surface area contributed by atoms with E-state index in [-0.39, 0.29) is 0 Å². The van der Waals surface area contributed by atoms with Crippen molar-refractivity contribution in [1.82, 2.24) is 0 Å². The van der Waals surface area contributed by atoms with Crippen molar-refractivity contribution in [3.05, 3.63) is 77.5 Å². The first-order valence-electron chi connectivity index (χ1n) is 11.7. The molecule has 0 N–H and O–H groups in total.